The third-order valence-electron chi connectivity index (χ3n) is 3.05. The van der Waals surface area contributed by atoms with E-state index in [0.717, 1.165) is 25.0 Å². The summed E-state index contributed by atoms with van der Waals surface area (Å²) in [6.45, 7) is 0. The highest BCUT2D eigenvalue weighted by atomic mass is 16.1. The molecule has 3 heteroatoms. The molecule has 0 saturated heterocycles. The third kappa shape index (κ3) is 3.33. The van der Waals surface area contributed by atoms with Crippen molar-refractivity contribution in [1.29, 1.82) is 0 Å². The van der Waals surface area contributed by atoms with Crippen LogP contribution in [0.4, 0.5) is 0 Å². The summed E-state index contributed by atoms with van der Waals surface area (Å²) < 4.78 is 0. The van der Waals surface area contributed by atoms with Gasteiger partial charge in [0.05, 0.1) is 0 Å². The molecule has 0 bridgehead atoms. The minimum absolute atomic E-state index is 0.164. The Morgan fingerprint density at radius 3 is 2.88 bits per heavy atom. The van der Waals surface area contributed by atoms with Gasteiger partial charge in [0, 0.05) is 24.4 Å². The van der Waals surface area contributed by atoms with Crippen LogP contribution in [0.3, 0.4) is 0 Å². The van der Waals surface area contributed by atoms with Crippen LogP contribution in [-0.2, 0) is 11.2 Å². The van der Waals surface area contributed by atoms with Gasteiger partial charge in [0.15, 0.2) is 0 Å². The number of hydrogen-bond acceptors (Lipinski definition) is 2. The van der Waals surface area contributed by atoms with Crippen molar-refractivity contribution in [3.05, 3.63) is 30.1 Å². The molecular weight excluding hydrogens is 200 g/mol. The second kappa shape index (κ2) is 5.64. The van der Waals surface area contributed by atoms with Crippen LogP contribution in [0.25, 0.3) is 0 Å². The van der Waals surface area contributed by atoms with E-state index in [0.29, 0.717) is 12.5 Å². The normalized spacial score (nSPS) is 16.2. The average Bonchev–Trinajstić information content (AvgIpc) is 2.81. The van der Waals surface area contributed by atoms with Crippen molar-refractivity contribution in [3.63, 3.8) is 0 Å². The standard InChI is InChI=1S/C13H18N2O/c16-13(15-12-6-1-2-7-12)9-8-11-5-3-4-10-14-11/h3-5,10,12H,1-2,6-9H2,(H,15,16). The summed E-state index contributed by atoms with van der Waals surface area (Å²) in [5.74, 6) is 0.164. The lowest BCUT2D eigenvalue weighted by atomic mass is 10.2. The molecule has 0 aliphatic heterocycles. The number of hydrogen-bond donors (Lipinski definition) is 1. The molecule has 1 aliphatic rings. The molecule has 0 atom stereocenters. The van der Waals surface area contributed by atoms with E-state index in [1.807, 2.05) is 18.2 Å². The van der Waals surface area contributed by atoms with Gasteiger partial charge < -0.3 is 5.32 Å². The second-order valence-electron chi connectivity index (χ2n) is 4.37. The number of pyridine rings is 1. The highest BCUT2D eigenvalue weighted by Gasteiger charge is 2.16. The maximum absolute atomic E-state index is 11.6. The van der Waals surface area contributed by atoms with Gasteiger partial charge in [-0.15, -0.1) is 0 Å². The lowest BCUT2D eigenvalue weighted by molar-refractivity contribution is -0.121. The Kier molecular flexibility index (Phi) is 3.91. The number of aromatic nitrogens is 1. The average molecular weight is 218 g/mol. The fraction of sp³-hybridized carbons (Fsp3) is 0.538. The fourth-order valence-electron chi connectivity index (χ4n) is 2.16. The molecule has 1 saturated carbocycles. The van der Waals surface area contributed by atoms with Crippen LogP contribution < -0.4 is 5.32 Å². The maximum Gasteiger partial charge on any atom is 0.220 e. The van der Waals surface area contributed by atoms with Crippen LogP contribution in [0.15, 0.2) is 24.4 Å². The summed E-state index contributed by atoms with van der Waals surface area (Å²) in [7, 11) is 0. The van der Waals surface area contributed by atoms with E-state index < -0.39 is 0 Å². The minimum atomic E-state index is 0.164. The van der Waals surface area contributed by atoms with E-state index in [4.69, 9.17) is 0 Å². The molecule has 1 fully saturated rings. The van der Waals surface area contributed by atoms with E-state index in [2.05, 4.69) is 10.3 Å². The molecule has 86 valence electrons. The van der Waals surface area contributed by atoms with Crippen LogP contribution >= 0.6 is 0 Å². The lowest BCUT2D eigenvalue weighted by Gasteiger charge is -2.11. The summed E-state index contributed by atoms with van der Waals surface area (Å²) in [5, 5.41) is 3.08. The van der Waals surface area contributed by atoms with Gasteiger partial charge in [-0.25, -0.2) is 0 Å². The molecule has 0 aromatic carbocycles. The van der Waals surface area contributed by atoms with Crippen molar-refractivity contribution in [2.24, 2.45) is 0 Å². The number of amides is 1. The van der Waals surface area contributed by atoms with Gasteiger partial charge in [0.25, 0.3) is 0 Å². The molecular formula is C13H18N2O. The van der Waals surface area contributed by atoms with Crippen LogP contribution in [0.1, 0.15) is 37.8 Å². The van der Waals surface area contributed by atoms with Crippen LogP contribution in [-0.4, -0.2) is 16.9 Å². The Labute approximate surface area is 96.3 Å². The molecule has 1 N–H and O–H groups in total. The van der Waals surface area contributed by atoms with Crippen molar-refractivity contribution < 1.29 is 4.79 Å². The summed E-state index contributed by atoms with van der Waals surface area (Å²) >= 11 is 0. The van der Waals surface area contributed by atoms with E-state index in [9.17, 15) is 4.79 Å². The molecule has 3 nitrogen and oxygen atoms in total. The first kappa shape index (κ1) is 11.1. The van der Waals surface area contributed by atoms with E-state index in [-0.39, 0.29) is 5.91 Å². The van der Waals surface area contributed by atoms with E-state index in [1.54, 1.807) is 6.20 Å². The first-order valence-electron chi connectivity index (χ1n) is 6.04. The largest absolute Gasteiger partial charge is 0.353 e. The highest BCUT2D eigenvalue weighted by Crippen LogP contribution is 2.17. The number of nitrogens with one attached hydrogen (secondary N) is 1. The Morgan fingerprint density at radius 2 is 2.19 bits per heavy atom. The maximum atomic E-state index is 11.6. The molecule has 1 aliphatic carbocycles. The quantitative estimate of drug-likeness (QED) is 0.840. The SMILES string of the molecule is O=C(CCc1ccccn1)NC1CCCC1. The zero-order valence-electron chi connectivity index (χ0n) is 9.48. The highest BCUT2D eigenvalue weighted by molar-refractivity contribution is 5.76. The zero-order chi connectivity index (χ0) is 11.2. The predicted octanol–water partition coefficient (Wildman–Crippen LogP) is 2.07. The van der Waals surface area contributed by atoms with E-state index >= 15 is 0 Å². The Bertz CT molecular complexity index is 331. The predicted molar refractivity (Wildman–Crippen MR) is 63.0 cm³/mol. The van der Waals surface area contributed by atoms with Crippen molar-refractivity contribution in [2.45, 2.75) is 44.6 Å². The van der Waals surface area contributed by atoms with Gasteiger partial charge in [0.1, 0.15) is 0 Å². The summed E-state index contributed by atoms with van der Waals surface area (Å²) in [4.78, 5) is 15.8. The smallest absolute Gasteiger partial charge is 0.220 e. The molecule has 1 amide bonds. The van der Waals surface area contributed by atoms with Gasteiger partial charge in [-0.2, -0.15) is 0 Å². The molecule has 1 heterocycles. The van der Waals surface area contributed by atoms with Gasteiger partial charge in [-0.1, -0.05) is 18.9 Å². The molecule has 2 rings (SSSR count). The van der Waals surface area contributed by atoms with Crippen molar-refractivity contribution in [3.8, 4) is 0 Å². The topological polar surface area (TPSA) is 42.0 Å². The Balaban J connectivity index is 1.71. The van der Waals surface area contributed by atoms with Crippen molar-refractivity contribution in [1.82, 2.24) is 10.3 Å². The minimum Gasteiger partial charge on any atom is -0.353 e. The van der Waals surface area contributed by atoms with Crippen LogP contribution in [0.5, 0.6) is 0 Å². The van der Waals surface area contributed by atoms with Gasteiger partial charge >= 0.3 is 0 Å². The summed E-state index contributed by atoms with van der Waals surface area (Å²) in [6, 6.07) is 6.23. The molecule has 0 unspecified atom stereocenters. The van der Waals surface area contributed by atoms with Gasteiger partial charge in [-0.05, 0) is 31.4 Å². The third-order valence-corrected chi connectivity index (χ3v) is 3.05. The summed E-state index contributed by atoms with van der Waals surface area (Å²) in [6.07, 6.45) is 7.86. The molecule has 16 heavy (non-hydrogen) atoms. The Morgan fingerprint density at radius 1 is 1.38 bits per heavy atom. The van der Waals surface area contributed by atoms with Gasteiger partial charge in [0.2, 0.25) is 5.91 Å². The first-order chi connectivity index (χ1) is 7.84. The number of carbonyl (C=O) groups excluding carboxylic acids is 1. The van der Waals surface area contributed by atoms with Gasteiger partial charge in [-0.3, -0.25) is 9.78 Å². The molecule has 1 aromatic rings. The summed E-state index contributed by atoms with van der Waals surface area (Å²) in [5.41, 5.74) is 0.990. The first-order valence-corrected chi connectivity index (χ1v) is 6.04. The van der Waals surface area contributed by atoms with Crippen molar-refractivity contribution in [2.75, 3.05) is 0 Å². The number of rotatable bonds is 4. The monoisotopic (exact) mass is 218 g/mol. The zero-order valence-corrected chi connectivity index (χ0v) is 9.48. The fourth-order valence-corrected chi connectivity index (χ4v) is 2.16. The molecule has 1 aromatic heterocycles. The van der Waals surface area contributed by atoms with Crippen LogP contribution in [0.2, 0.25) is 0 Å². The number of carbonyl (C=O) groups is 1. The van der Waals surface area contributed by atoms with Crippen molar-refractivity contribution >= 4 is 5.91 Å². The lowest BCUT2D eigenvalue weighted by Crippen LogP contribution is -2.32. The number of nitrogens with zero attached hydrogens (tertiary/aromatic N) is 1. The van der Waals surface area contributed by atoms with E-state index in [1.165, 1.54) is 12.8 Å². The molecule has 0 radical (unpaired) electrons. The Hall–Kier alpha value is -1.38. The number of aryl methyl sites for hydroxylation is 1. The molecule has 0 spiro atoms. The van der Waals surface area contributed by atoms with Crippen LogP contribution in [0, 0.1) is 0 Å². The second-order valence-corrected chi connectivity index (χ2v) is 4.37.